The van der Waals surface area contributed by atoms with E-state index in [9.17, 15) is 9.59 Å². The number of carbonyl (C=O) groups is 2. The summed E-state index contributed by atoms with van der Waals surface area (Å²) in [6.07, 6.45) is 9.02. The van der Waals surface area contributed by atoms with Gasteiger partial charge in [0.15, 0.2) is 0 Å². The van der Waals surface area contributed by atoms with E-state index in [-0.39, 0.29) is 23.6 Å². The van der Waals surface area contributed by atoms with Gasteiger partial charge in [0.2, 0.25) is 11.8 Å². The standard InChI is InChI=1S/C42H42N4O8/c1-3-5-7-9-27-49-33-19-15-31(16-20-33)41(47)51-35-23-11-29(12-24-35)37-43-45-39(53-37)40-46-44-38(54-40)30-13-25-36(26-14-30)52-42(48)32-17-21-34(22-18-32)50-28-10-8-6-4-2/h11-26H,3-10,27-28H2,1-2H3. The summed E-state index contributed by atoms with van der Waals surface area (Å²) in [4.78, 5) is 25.4. The smallest absolute Gasteiger partial charge is 0.343 e. The molecule has 0 bridgehead atoms. The molecule has 0 aliphatic rings. The number of esters is 2. The molecule has 0 saturated carbocycles. The van der Waals surface area contributed by atoms with Crippen molar-refractivity contribution in [3.8, 4) is 57.7 Å². The van der Waals surface area contributed by atoms with Crippen molar-refractivity contribution >= 4 is 11.9 Å². The van der Waals surface area contributed by atoms with Gasteiger partial charge in [-0.1, -0.05) is 52.4 Å². The summed E-state index contributed by atoms with van der Waals surface area (Å²) < 4.78 is 34.2. The lowest BCUT2D eigenvalue weighted by molar-refractivity contribution is 0.0725. The van der Waals surface area contributed by atoms with Gasteiger partial charge in [0.25, 0.3) is 0 Å². The van der Waals surface area contributed by atoms with Gasteiger partial charge in [0.1, 0.15) is 23.0 Å². The summed E-state index contributed by atoms with van der Waals surface area (Å²) >= 11 is 0. The monoisotopic (exact) mass is 730 g/mol. The summed E-state index contributed by atoms with van der Waals surface area (Å²) in [5.41, 5.74) is 2.02. The highest BCUT2D eigenvalue weighted by molar-refractivity contribution is 5.91. The third-order valence-electron chi connectivity index (χ3n) is 8.37. The number of aromatic nitrogens is 4. The van der Waals surface area contributed by atoms with Gasteiger partial charge < -0.3 is 27.8 Å². The van der Waals surface area contributed by atoms with Crippen LogP contribution in [0.25, 0.3) is 34.7 Å². The van der Waals surface area contributed by atoms with Crippen molar-refractivity contribution in [2.75, 3.05) is 13.2 Å². The summed E-state index contributed by atoms with van der Waals surface area (Å²) in [6, 6.07) is 27.1. The zero-order chi connectivity index (χ0) is 37.5. The van der Waals surface area contributed by atoms with E-state index < -0.39 is 11.9 Å². The van der Waals surface area contributed by atoms with Crippen LogP contribution in [0.1, 0.15) is 85.9 Å². The molecule has 0 aliphatic heterocycles. The van der Waals surface area contributed by atoms with E-state index in [1.54, 1.807) is 97.1 Å². The van der Waals surface area contributed by atoms with Crippen LogP contribution in [0.5, 0.6) is 23.0 Å². The molecule has 0 saturated heterocycles. The highest BCUT2D eigenvalue weighted by Crippen LogP contribution is 2.28. The molecule has 6 aromatic rings. The van der Waals surface area contributed by atoms with Crippen molar-refractivity contribution in [2.24, 2.45) is 0 Å². The second-order valence-electron chi connectivity index (χ2n) is 12.5. The molecule has 54 heavy (non-hydrogen) atoms. The number of carbonyl (C=O) groups excluding carboxylic acids is 2. The molecule has 278 valence electrons. The topological polar surface area (TPSA) is 149 Å². The second-order valence-corrected chi connectivity index (χ2v) is 12.5. The first-order chi connectivity index (χ1) is 26.5. The van der Waals surface area contributed by atoms with Crippen LogP contribution in [0.15, 0.2) is 106 Å². The Morgan fingerprint density at radius 1 is 0.444 bits per heavy atom. The Morgan fingerprint density at radius 3 is 1.17 bits per heavy atom. The van der Waals surface area contributed by atoms with E-state index in [1.165, 1.54) is 25.7 Å². The third kappa shape index (κ3) is 10.4. The van der Waals surface area contributed by atoms with Gasteiger partial charge in [-0.3, -0.25) is 0 Å². The first kappa shape index (κ1) is 37.5. The van der Waals surface area contributed by atoms with Crippen LogP contribution >= 0.6 is 0 Å². The van der Waals surface area contributed by atoms with E-state index in [2.05, 4.69) is 34.2 Å². The maximum Gasteiger partial charge on any atom is 0.343 e. The van der Waals surface area contributed by atoms with Gasteiger partial charge >= 0.3 is 23.7 Å². The van der Waals surface area contributed by atoms with Crippen LogP contribution in [-0.4, -0.2) is 45.5 Å². The Kier molecular flexibility index (Phi) is 13.2. The van der Waals surface area contributed by atoms with Gasteiger partial charge in [-0.05, 0) is 110 Å². The van der Waals surface area contributed by atoms with Crippen molar-refractivity contribution in [3.05, 3.63) is 108 Å². The summed E-state index contributed by atoms with van der Waals surface area (Å²) in [7, 11) is 0. The fraction of sp³-hybridized carbons (Fsp3) is 0.286. The molecule has 0 fully saturated rings. The SMILES string of the molecule is CCCCCCOc1ccc(C(=O)Oc2ccc(-c3nnc(-c4nnc(-c5ccc(OC(=O)c6ccc(OCCCCCC)cc6)cc5)o4)o3)cc2)cc1. The molecule has 0 unspecified atom stereocenters. The average molecular weight is 731 g/mol. The molecule has 0 radical (unpaired) electrons. The lowest BCUT2D eigenvalue weighted by Crippen LogP contribution is -2.08. The molecule has 2 aromatic heterocycles. The molecule has 0 N–H and O–H groups in total. The predicted octanol–water partition coefficient (Wildman–Crippen LogP) is 9.81. The third-order valence-corrected chi connectivity index (χ3v) is 8.37. The molecular formula is C42H42N4O8. The largest absolute Gasteiger partial charge is 0.494 e. The van der Waals surface area contributed by atoms with Crippen molar-refractivity contribution in [1.29, 1.82) is 0 Å². The Hall–Kier alpha value is -6.30. The Labute approximate surface area is 313 Å². The maximum atomic E-state index is 12.7. The van der Waals surface area contributed by atoms with E-state index in [4.69, 9.17) is 27.8 Å². The normalized spacial score (nSPS) is 10.9. The average Bonchev–Trinajstić information content (AvgIpc) is 3.90. The van der Waals surface area contributed by atoms with Crippen LogP contribution in [-0.2, 0) is 0 Å². The minimum absolute atomic E-state index is 0.0334. The molecule has 12 nitrogen and oxygen atoms in total. The molecule has 0 aliphatic carbocycles. The molecule has 4 aromatic carbocycles. The number of hydrogen-bond acceptors (Lipinski definition) is 12. The van der Waals surface area contributed by atoms with E-state index in [1.807, 2.05) is 0 Å². The number of benzene rings is 4. The number of nitrogens with zero attached hydrogens (tertiary/aromatic N) is 4. The zero-order valence-electron chi connectivity index (χ0n) is 30.4. The first-order valence-electron chi connectivity index (χ1n) is 18.3. The van der Waals surface area contributed by atoms with Gasteiger partial charge in [-0.25, -0.2) is 9.59 Å². The van der Waals surface area contributed by atoms with E-state index in [0.717, 1.165) is 25.7 Å². The van der Waals surface area contributed by atoms with Gasteiger partial charge in [0.05, 0.1) is 24.3 Å². The van der Waals surface area contributed by atoms with Crippen LogP contribution in [0.4, 0.5) is 0 Å². The highest BCUT2D eigenvalue weighted by atomic mass is 16.5. The predicted molar refractivity (Wildman–Crippen MR) is 201 cm³/mol. The van der Waals surface area contributed by atoms with Gasteiger partial charge in [0, 0.05) is 11.1 Å². The Bertz CT molecular complexity index is 1920. The van der Waals surface area contributed by atoms with Crippen LogP contribution in [0.3, 0.4) is 0 Å². The Balaban J connectivity index is 0.985. The van der Waals surface area contributed by atoms with Crippen LogP contribution < -0.4 is 18.9 Å². The summed E-state index contributed by atoms with van der Waals surface area (Å²) in [6.45, 7) is 5.64. The zero-order valence-corrected chi connectivity index (χ0v) is 30.4. The molecular weight excluding hydrogens is 688 g/mol. The van der Waals surface area contributed by atoms with E-state index in [0.29, 0.717) is 58.5 Å². The van der Waals surface area contributed by atoms with Crippen molar-refractivity contribution in [3.63, 3.8) is 0 Å². The minimum atomic E-state index is -0.486. The number of unbranched alkanes of at least 4 members (excludes halogenated alkanes) is 6. The highest BCUT2D eigenvalue weighted by Gasteiger charge is 2.19. The quantitative estimate of drug-likeness (QED) is 0.0443. The fourth-order valence-electron chi connectivity index (χ4n) is 5.33. The molecule has 6 rings (SSSR count). The lowest BCUT2D eigenvalue weighted by Gasteiger charge is -2.08. The van der Waals surface area contributed by atoms with Crippen molar-refractivity contribution in [1.82, 2.24) is 20.4 Å². The fourth-order valence-corrected chi connectivity index (χ4v) is 5.33. The lowest BCUT2D eigenvalue weighted by atomic mass is 10.2. The first-order valence-corrected chi connectivity index (χ1v) is 18.3. The Morgan fingerprint density at radius 2 is 0.796 bits per heavy atom. The molecule has 12 heteroatoms. The number of rotatable bonds is 19. The van der Waals surface area contributed by atoms with Crippen LogP contribution in [0.2, 0.25) is 0 Å². The van der Waals surface area contributed by atoms with E-state index >= 15 is 0 Å². The molecule has 0 spiro atoms. The molecule has 2 heterocycles. The van der Waals surface area contributed by atoms with Gasteiger partial charge in [-0.2, -0.15) is 0 Å². The summed E-state index contributed by atoms with van der Waals surface area (Å²) in [5, 5.41) is 16.3. The molecule has 0 atom stereocenters. The van der Waals surface area contributed by atoms with Crippen molar-refractivity contribution in [2.45, 2.75) is 65.2 Å². The minimum Gasteiger partial charge on any atom is -0.494 e. The number of hydrogen-bond donors (Lipinski definition) is 0. The van der Waals surface area contributed by atoms with Crippen LogP contribution in [0, 0.1) is 0 Å². The number of ether oxygens (including phenoxy) is 4. The summed E-state index contributed by atoms with van der Waals surface area (Å²) in [5.74, 6) is 1.66. The van der Waals surface area contributed by atoms with Crippen molar-refractivity contribution < 1.29 is 37.4 Å². The van der Waals surface area contributed by atoms with Gasteiger partial charge in [-0.15, -0.1) is 20.4 Å². The molecule has 0 amide bonds. The maximum absolute atomic E-state index is 12.7. The second kappa shape index (κ2) is 19.0.